The van der Waals surface area contributed by atoms with Crippen LogP contribution in [-0.2, 0) is 9.59 Å². The average molecular weight is 174 g/mol. The Morgan fingerprint density at radius 2 is 2.08 bits per heavy atom. The molecule has 0 saturated carbocycles. The summed E-state index contributed by atoms with van der Waals surface area (Å²) in [6.07, 6.45) is 0.457. The number of nitrogens with two attached hydrogens (primary N) is 1. The largest absolute Gasteiger partial charge is 0.480 e. The number of aliphatic carboxylic acids is 1. The fourth-order valence-corrected chi connectivity index (χ4v) is 1.03. The lowest BCUT2D eigenvalue weighted by molar-refractivity contribution is -0.143. The number of hydrogen-bond acceptors (Lipinski definition) is 3. The molecule has 0 aliphatic rings. The van der Waals surface area contributed by atoms with Gasteiger partial charge in [0.25, 0.3) is 0 Å². The first kappa shape index (κ1) is 10.9. The van der Waals surface area contributed by atoms with Gasteiger partial charge in [-0.25, -0.2) is 0 Å². The number of carboxylic acid groups (broad SMARTS) is 1. The molecular formula is C7H14N2O3. The maximum Gasteiger partial charge on any atom is 0.320 e. The lowest BCUT2D eigenvalue weighted by Gasteiger charge is -2.21. The van der Waals surface area contributed by atoms with E-state index in [1.807, 2.05) is 0 Å². The van der Waals surface area contributed by atoms with Crippen molar-refractivity contribution in [3.8, 4) is 0 Å². The van der Waals surface area contributed by atoms with Crippen LogP contribution >= 0.6 is 0 Å². The Balaban J connectivity index is 4.11. The van der Waals surface area contributed by atoms with Gasteiger partial charge in [0.15, 0.2) is 0 Å². The maximum atomic E-state index is 10.6. The molecule has 0 aliphatic heterocycles. The molecule has 70 valence electrons. The smallest absolute Gasteiger partial charge is 0.320 e. The van der Waals surface area contributed by atoms with Crippen molar-refractivity contribution in [2.24, 2.45) is 5.73 Å². The highest BCUT2D eigenvalue weighted by Gasteiger charge is 2.20. The molecule has 0 spiro atoms. The van der Waals surface area contributed by atoms with E-state index >= 15 is 0 Å². The number of likely N-dealkylation sites (N-methyl/N-ethyl adjacent to an activating group) is 1. The van der Waals surface area contributed by atoms with Crippen molar-refractivity contribution in [1.29, 1.82) is 0 Å². The molecule has 1 unspecified atom stereocenters. The molecule has 0 saturated heterocycles. The molecule has 5 nitrogen and oxygen atoms in total. The summed E-state index contributed by atoms with van der Waals surface area (Å²) < 4.78 is 0. The Hall–Kier alpha value is -1.10. The molecule has 0 radical (unpaired) electrons. The maximum absolute atomic E-state index is 10.6. The zero-order chi connectivity index (χ0) is 9.72. The monoisotopic (exact) mass is 174 g/mol. The number of rotatable bonds is 5. The Labute approximate surface area is 71.1 Å². The molecule has 1 atom stereocenters. The summed E-state index contributed by atoms with van der Waals surface area (Å²) in [5.41, 5.74) is 4.91. The third kappa shape index (κ3) is 3.34. The number of carbonyl (C=O) groups excluding carboxylic acids is 1. The molecule has 0 aromatic carbocycles. The summed E-state index contributed by atoms with van der Waals surface area (Å²) in [6, 6.07) is -0.627. The number of nitrogens with zero attached hydrogens (tertiary/aromatic N) is 1. The van der Waals surface area contributed by atoms with Gasteiger partial charge < -0.3 is 10.8 Å². The number of carbonyl (C=O) groups is 2. The quantitative estimate of drug-likeness (QED) is 0.575. The first-order chi connectivity index (χ1) is 5.49. The lowest BCUT2D eigenvalue weighted by Crippen LogP contribution is -2.42. The van der Waals surface area contributed by atoms with Crippen LogP contribution in [0.25, 0.3) is 0 Å². The predicted molar refractivity (Wildman–Crippen MR) is 43.5 cm³/mol. The van der Waals surface area contributed by atoms with Gasteiger partial charge in [0.05, 0.1) is 6.54 Å². The Bertz CT molecular complexity index is 181. The molecule has 0 heterocycles. The van der Waals surface area contributed by atoms with Crippen LogP contribution in [0.15, 0.2) is 0 Å². The molecule has 1 amide bonds. The molecule has 0 bridgehead atoms. The molecule has 0 rings (SSSR count). The number of amides is 1. The molecular weight excluding hydrogens is 160 g/mol. The summed E-state index contributed by atoms with van der Waals surface area (Å²) in [7, 11) is 1.56. The van der Waals surface area contributed by atoms with Crippen molar-refractivity contribution in [3.63, 3.8) is 0 Å². The van der Waals surface area contributed by atoms with E-state index in [0.717, 1.165) is 0 Å². The fraction of sp³-hybridized carbons (Fsp3) is 0.714. The van der Waals surface area contributed by atoms with Gasteiger partial charge in [-0.15, -0.1) is 0 Å². The third-order valence-corrected chi connectivity index (χ3v) is 1.61. The summed E-state index contributed by atoms with van der Waals surface area (Å²) in [4.78, 5) is 22.4. The third-order valence-electron chi connectivity index (χ3n) is 1.61. The van der Waals surface area contributed by atoms with E-state index in [2.05, 4.69) is 0 Å². The second kappa shape index (κ2) is 4.71. The predicted octanol–water partition coefficient (Wildman–Crippen LogP) is -0.733. The van der Waals surface area contributed by atoms with Gasteiger partial charge in [0.2, 0.25) is 5.91 Å². The minimum absolute atomic E-state index is 0.0230. The van der Waals surface area contributed by atoms with E-state index in [4.69, 9.17) is 10.8 Å². The molecule has 3 N–H and O–H groups in total. The minimum atomic E-state index is -0.929. The second-order valence-corrected chi connectivity index (χ2v) is 2.64. The van der Waals surface area contributed by atoms with Crippen LogP contribution in [0.5, 0.6) is 0 Å². The number of primary amides is 1. The molecule has 0 aromatic heterocycles. The first-order valence-electron chi connectivity index (χ1n) is 3.70. The summed E-state index contributed by atoms with van der Waals surface area (Å²) >= 11 is 0. The molecule has 5 heteroatoms. The SMILES string of the molecule is CCC(C(=O)O)N(C)CC(N)=O. The van der Waals surface area contributed by atoms with Crippen LogP contribution in [-0.4, -0.2) is 41.5 Å². The van der Waals surface area contributed by atoms with Gasteiger partial charge in [0, 0.05) is 0 Å². The van der Waals surface area contributed by atoms with E-state index in [1.165, 1.54) is 4.90 Å². The highest BCUT2D eigenvalue weighted by Crippen LogP contribution is 2.00. The van der Waals surface area contributed by atoms with Crippen LogP contribution < -0.4 is 5.73 Å². The van der Waals surface area contributed by atoms with Gasteiger partial charge in [-0.3, -0.25) is 14.5 Å². The molecule has 0 fully saturated rings. The standard InChI is InChI=1S/C7H14N2O3/c1-3-5(7(11)12)9(2)4-6(8)10/h5H,3-4H2,1-2H3,(H2,8,10)(H,11,12). The number of carboxylic acids is 1. The molecule has 0 aromatic rings. The van der Waals surface area contributed by atoms with Crippen molar-refractivity contribution in [2.45, 2.75) is 19.4 Å². The summed E-state index contributed by atoms with van der Waals surface area (Å²) in [5, 5.41) is 8.66. The van der Waals surface area contributed by atoms with E-state index in [0.29, 0.717) is 6.42 Å². The van der Waals surface area contributed by atoms with Gasteiger partial charge in [-0.2, -0.15) is 0 Å². The van der Waals surface area contributed by atoms with Crippen molar-refractivity contribution < 1.29 is 14.7 Å². The van der Waals surface area contributed by atoms with Crippen LogP contribution in [0.4, 0.5) is 0 Å². The fourth-order valence-electron chi connectivity index (χ4n) is 1.03. The van der Waals surface area contributed by atoms with Crippen molar-refractivity contribution >= 4 is 11.9 Å². The van der Waals surface area contributed by atoms with E-state index in [1.54, 1.807) is 14.0 Å². The van der Waals surface area contributed by atoms with E-state index in [-0.39, 0.29) is 6.54 Å². The normalized spacial score (nSPS) is 12.9. The minimum Gasteiger partial charge on any atom is -0.480 e. The van der Waals surface area contributed by atoms with Gasteiger partial charge in [-0.1, -0.05) is 6.92 Å². The zero-order valence-corrected chi connectivity index (χ0v) is 7.28. The first-order valence-corrected chi connectivity index (χ1v) is 3.70. The molecule has 0 aliphatic carbocycles. The molecule has 12 heavy (non-hydrogen) atoms. The Morgan fingerprint density at radius 3 is 2.33 bits per heavy atom. The zero-order valence-electron chi connectivity index (χ0n) is 7.28. The topological polar surface area (TPSA) is 83.6 Å². The van der Waals surface area contributed by atoms with Gasteiger partial charge in [0.1, 0.15) is 6.04 Å². The van der Waals surface area contributed by atoms with E-state index in [9.17, 15) is 9.59 Å². The lowest BCUT2D eigenvalue weighted by atomic mass is 10.2. The van der Waals surface area contributed by atoms with Crippen molar-refractivity contribution in [1.82, 2.24) is 4.90 Å². The van der Waals surface area contributed by atoms with Crippen LogP contribution in [0, 0.1) is 0 Å². The van der Waals surface area contributed by atoms with Gasteiger partial charge >= 0.3 is 5.97 Å². The van der Waals surface area contributed by atoms with Crippen LogP contribution in [0.2, 0.25) is 0 Å². The Morgan fingerprint density at radius 1 is 1.58 bits per heavy atom. The summed E-state index contributed by atoms with van der Waals surface area (Å²) in [6.45, 7) is 1.72. The average Bonchev–Trinajstić information content (AvgIpc) is 1.85. The van der Waals surface area contributed by atoms with Crippen molar-refractivity contribution in [3.05, 3.63) is 0 Å². The van der Waals surface area contributed by atoms with Crippen molar-refractivity contribution in [2.75, 3.05) is 13.6 Å². The number of hydrogen-bond donors (Lipinski definition) is 2. The van der Waals surface area contributed by atoms with Crippen LogP contribution in [0.3, 0.4) is 0 Å². The Kier molecular flexibility index (Phi) is 4.28. The highest BCUT2D eigenvalue weighted by atomic mass is 16.4. The van der Waals surface area contributed by atoms with Crippen LogP contribution in [0.1, 0.15) is 13.3 Å². The second-order valence-electron chi connectivity index (χ2n) is 2.64. The van der Waals surface area contributed by atoms with Gasteiger partial charge in [-0.05, 0) is 13.5 Å². The summed E-state index contributed by atoms with van der Waals surface area (Å²) in [5.74, 6) is -1.45. The highest BCUT2D eigenvalue weighted by molar-refractivity contribution is 5.78. The van der Waals surface area contributed by atoms with E-state index < -0.39 is 17.9 Å².